The van der Waals surface area contributed by atoms with Crippen molar-refractivity contribution in [2.24, 2.45) is 5.10 Å². The summed E-state index contributed by atoms with van der Waals surface area (Å²) in [7, 11) is 0. The van der Waals surface area contributed by atoms with Gasteiger partial charge in [-0.1, -0.05) is 37.6 Å². The largest absolute Gasteiger partial charge is 0.326 e. The minimum atomic E-state index is -0.298. The Bertz CT molecular complexity index is 752. The maximum atomic E-state index is 12.1. The molecule has 0 radical (unpaired) electrons. The first kappa shape index (κ1) is 18.4. The Balaban J connectivity index is 1.90. The molecule has 0 saturated carbocycles. The lowest BCUT2D eigenvalue weighted by Crippen LogP contribution is -2.18. The lowest BCUT2D eigenvalue weighted by atomic mass is 10.1. The molecule has 2 N–H and O–H groups in total. The Morgan fingerprint density at radius 3 is 2.48 bits per heavy atom. The minimum absolute atomic E-state index is 0.0121. The molecule has 2 rings (SSSR count). The van der Waals surface area contributed by atoms with E-state index in [1.165, 1.54) is 0 Å². The predicted molar refractivity (Wildman–Crippen MR) is 101 cm³/mol. The second-order valence-electron chi connectivity index (χ2n) is 5.78. The van der Waals surface area contributed by atoms with Gasteiger partial charge >= 0.3 is 0 Å². The summed E-state index contributed by atoms with van der Waals surface area (Å²) < 4.78 is 0. The van der Waals surface area contributed by atoms with E-state index in [0.717, 1.165) is 24.0 Å². The van der Waals surface area contributed by atoms with Crippen LogP contribution in [0.3, 0.4) is 0 Å². The van der Waals surface area contributed by atoms with Crippen LogP contribution in [0.15, 0.2) is 53.6 Å². The van der Waals surface area contributed by atoms with E-state index in [9.17, 15) is 9.59 Å². The van der Waals surface area contributed by atoms with E-state index in [0.29, 0.717) is 17.7 Å². The average molecular weight is 337 g/mol. The number of rotatable bonds is 7. The quantitative estimate of drug-likeness (QED) is 0.594. The van der Waals surface area contributed by atoms with E-state index in [-0.39, 0.29) is 11.8 Å². The van der Waals surface area contributed by atoms with Gasteiger partial charge in [0.15, 0.2) is 0 Å². The molecule has 130 valence electrons. The molecule has 0 spiro atoms. The van der Waals surface area contributed by atoms with Gasteiger partial charge in [-0.25, -0.2) is 5.43 Å². The zero-order valence-electron chi connectivity index (χ0n) is 14.6. The number of nitrogens with one attached hydrogen (secondary N) is 2. The van der Waals surface area contributed by atoms with Crippen LogP contribution in [0.2, 0.25) is 0 Å². The van der Waals surface area contributed by atoms with Gasteiger partial charge in [-0.2, -0.15) is 5.10 Å². The third kappa shape index (κ3) is 5.88. The van der Waals surface area contributed by atoms with Crippen molar-refractivity contribution >= 4 is 23.7 Å². The highest BCUT2D eigenvalue weighted by molar-refractivity contribution is 5.96. The van der Waals surface area contributed by atoms with Crippen LogP contribution in [-0.2, 0) is 4.79 Å². The highest BCUT2D eigenvalue weighted by Gasteiger charge is 2.06. The van der Waals surface area contributed by atoms with Gasteiger partial charge in [-0.3, -0.25) is 9.59 Å². The Kier molecular flexibility index (Phi) is 6.89. The normalized spacial score (nSPS) is 10.6. The van der Waals surface area contributed by atoms with Crippen molar-refractivity contribution in [1.29, 1.82) is 0 Å². The van der Waals surface area contributed by atoms with E-state index in [4.69, 9.17) is 0 Å². The van der Waals surface area contributed by atoms with Gasteiger partial charge in [-0.05, 0) is 48.7 Å². The number of hydrogen-bond acceptors (Lipinski definition) is 3. The number of anilines is 1. The van der Waals surface area contributed by atoms with Crippen LogP contribution >= 0.6 is 0 Å². The van der Waals surface area contributed by atoms with Crippen molar-refractivity contribution in [3.63, 3.8) is 0 Å². The van der Waals surface area contributed by atoms with Crippen LogP contribution in [0, 0.1) is 6.92 Å². The first-order valence-corrected chi connectivity index (χ1v) is 8.39. The number of unbranched alkanes of at least 4 members (excludes halogenated alkanes) is 1. The summed E-state index contributed by atoms with van der Waals surface area (Å²) >= 11 is 0. The van der Waals surface area contributed by atoms with Crippen LogP contribution in [-0.4, -0.2) is 18.0 Å². The number of hydrazone groups is 1. The SMILES string of the molecule is CCCCC(=O)Nc1ccc(C(=O)NN=Cc2ccccc2C)cc1. The summed E-state index contributed by atoms with van der Waals surface area (Å²) in [5.41, 5.74) is 5.71. The maximum absolute atomic E-state index is 12.1. The molecule has 2 aromatic carbocycles. The van der Waals surface area contributed by atoms with Crippen LogP contribution in [0.1, 0.15) is 47.7 Å². The molecule has 5 heteroatoms. The second-order valence-corrected chi connectivity index (χ2v) is 5.78. The fourth-order valence-corrected chi connectivity index (χ4v) is 2.22. The first-order valence-electron chi connectivity index (χ1n) is 8.39. The number of hydrogen-bond donors (Lipinski definition) is 2. The summed E-state index contributed by atoms with van der Waals surface area (Å²) in [5.74, 6) is -0.310. The van der Waals surface area contributed by atoms with Crippen LogP contribution in [0.5, 0.6) is 0 Å². The third-order valence-corrected chi connectivity index (χ3v) is 3.75. The third-order valence-electron chi connectivity index (χ3n) is 3.75. The highest BCUT2D eigenvalue weighted by Crippen LogP contribution is 2.11. The topological polar surface area (TPSA) is 70.6 Å². The molecule has 0 heterocycles. The lowest BCUT2D eigenvalue weighted by molar-refractivity contribution is -0.116. The van der Waals surface area contributed by atoms with Gasteiger partial charge in [-0.15, -0.1) is 0 Å². The van der Waals surface area contributed by atoms with Crippen LogP contribution in [0.25, 0.3) is 0 Å². The molecule has 0 aliphatic rings. The maximum Gasteiger partial charge on any atom is 0.271 e. The summed E-state index contributed by atoms with van der Waals surface area (Å²) in [4.78, 5) is 23.8. The Morgan fingerprint density at radius 2 is 1.80 bits per heavy atom. The zero-order valence-corrected chi connectivity index (χ0v) is 14.6. The zero-order chi connectivity index (χ0) is 18.1. The number of benzene rings is 2. The van der Waals surface area contributed by atoms with Crippen molar-refractivity contribution in [2.75, 3.05) is 5.32 Å². The fourth-order valence-electron chi connectivity index (χ4n) is 2.22. The summed E-state index contributed by atoms with van der Waals surface area (Å²) in [6.07, 6.45) is 3.97. The van der Waals surface area contributed by atoms with Gasteiger partial charge in [0.2, 0.25) is 5.91 Å². The van der Waals surface area contributed by atoms with Gasteiger partial charge in [0.25, 0.3) is 5.91 Å². The Hall–Kier alpha value is -2.95. The van der Waals surface area contributed by atoms with E-state index in [2.05, 4.69) is 15.8 Å². The van der Waals surface area contributed by atoms with Crippen LogP contribution in [0.4, 0.5) is 5.69 Å². The molecule has 0 atom stereocenters. The number of aryl methyl sites for hydroxylation is 1. The first-order chi connectivity index (χ1) is 12.1. The molecular weight excluding hydrogens is 314 g/mol. The molecule has 0 aromatic heterocycles. The summed E-state index contributed by atoms with van der Waals surface area (Å²) in [6, 6.07) is 14.5. The molecule has 0 saturated heterocycles. The Morgan fingerprint density at radius 1 is 1.08 bits per heavy atom. The van der Waals surface area contributed by atoms with E-state index in [1.54, 1.807) is 30.5 Å². The van der Waals surface area contributed by atoms with E-state index >= 15 is 0 Å². The Labute approximate surface area is 148 Å². The van der Waals surface area contributed by atoms with Crippen molar-refractivity contribution < 1.29 is 9.59 Å². The number of carbonyl (C=O) groups is 2. The molecule has 0 fully saturated rings. The lowest BCUT2D eigenvalue weighted by Gasteiger charge is -2.06. The van der Waals surface area contributed by atoms with Crippen molar-refractivity contribution in [3.05, 3.63) is 65.2 Å². The van der Waals surface area contributed by atoms with Crippen molar-refractivity contribution in [2.45, 2.75) is 33.1 Å². The molecule has 0 bridgehead atoms. The predicted octanol–water partition coefficient (Wildman–Crippen LogP) is 3.89. The van der Waals surface area contributed by atoms with E-state index in [1.807, 2.05) is 38.1 Å². The van der Waals surface area contributed by atoms with E-state index < -0.39 is 0 Å². The highest BCUT2D eigenvalue weighted by atomic mass is 16.2. The second kappa shape index (κ2) is 9.37. The van der Waals surface area contributed by atoms with Gasteiger partial charge in [0.1, 0.15) is 0 Å². The van der Waals surface area contributed by atoms with Crippen LogP contribution < -0.4 is 10.7 Å². The molecule has 5 nitrogen and oxygen atoms in total. The summed E-state index contributed by atoms with van der Waals surface area (Å²) in [5, 5.41) is 6.80. The van der Waals surface area contributed by atoms with Gasteiger partial charge in [0.05, 0.1) is 6.21 Å². The molecular formula is C20H23N3O2. The van der Waals surface area contributed by atoms with Gasteiger partial charge in [0, 0.05) is 17.7 Å². The van der Waals surface area contributed by atoms with Crippen molar-refractivity contribution in [3.8, 4) is 0 Å². The fraction of sp³-hybridized carbons (Fsp3) is 0.250. The molecule has 0 aliphatic carbocycles. The number of amides is 2. The number of carbonyl (C=O) groups excluding carboxylic acids is 2. The minimum Gasteiger partial charge on any atom is -0.326 e. The van der Waals surface area contributed by atoms with Crippen molar-refractivity contribution in [1.82, 2.24) is 5.43 Å². The van der Waals surface area contributed by atoms with Gasteiger partial charge < -0.3 is 5.32 Å². The number of nitrogens with zero attached hydrogens (tertiary/aromatic N) is 1. The standard InChI is InChI=1S/C20H23N3O2/c1-3-4-9-19(24)22-18-12-10-16(11-13-18)20(25)23-21-14-17-8-6-5-7-15(17)2/h5-8,10-14H,3-4,9H2,1-2H3,(H,22,24)(H,23,25). The molecule has 25 heavy (non-hydrogen) atoms. The monoisotopic (exact) mass is 337 g/mol. The molecule has 2 amide bonds. The smallest absolute Gasteiger partial charge is 0.271 e. The summed E-state index contributed by atoms with van der Waals surface area (Å²) in [6.45, 7) is 4.03. The average Bonchev–Trinajstić information content (AvgIpc) is 2.62. The molecule has 0 unspecified atom stereocenters. The molecule has 2 aromatic rings. The molecule has 0 aliphatic heterocycles.